The van der Waals surface area contributed by atoms with E-state index in [9.17, 15) is 0 Å². The topological polar surface area (TPSA) is 6.48 Å². The summed E-state index contributed by atoms with van der Waals surface area (Å²) < 4.78 is 2.60. The van der Waals surface area contributed by atoms with Gasteiger partial charge in [0.25, 0.3) is 0 Å². The lowest BCUT2D eigenvalue weighted by atomic mass is 9.81. The van der Waals surface area contributed by atoms with E-state index in [1.165, 1.54) is 53.6 Å². The molecule has 1 aliphatic rings. The van der Waals surface area contributed by atoms with E-state index in [1.807, 2.05) is 11.3 Å². The maximum atomic E-state index is 2.42. The Morgan fingerprint density at radius 2 is 0.778 bits per heavy atom. The van der Waals surface area contributed by atoms with E-state index in [-0.39, 0.29) is 5.41 Å². The van der Waals surface area contributed by atoms with Crippen LogP contribution in [0.2, 0.25) is 0 Å². The van der Waals surface area contributed by atoms with E-state index >= 15 is 0 Å². The molecule has 258 valence electrons. The number of nitrogens with zero attached hydrogens (tertiary/aromatic N) is 2. The SMILES string of the molecule is CC1(C)c2ccccc2-c2ccc(-c3ccc4sc5ccc(N(c6ccccc6)c6ccc(N(c7ccccc7)c7ccccc7)cc6)cc5c4c3)cc21. The number of fused-ring (bicyclic) bond motifs is 6. The van der Waals surface area contributed by atoms with Gasteiger partial charge in [-0.05, 0) is 130 Å². The quantitative estimate of drug-likeness (QED) is 0.162. The van der Waals surface area contributed by atoms with Gasteiger partial charge in [-0.1, -0.05) is 111 Å². The van der Waals surface area contributed by atoms with Crippen LogP contribution in [0.3, 0.4) is 0 Å². The Morgan fingerprint density at radius 3 is 1.39 bits per heavy atom. The molecule has 8 aromatic carbocycles. The van der Waals surface area contributed by atoms with Crippen LogP contribution in [0.25, 0.3) is 42.4 Å². The molecule has 0 atom stereocenters. The van der Waals surface area contributed by atoms with E-state index in [0.29, 0.717) is 0 Å². The van der Waals surface area contributed by atoms with Crippen molar-refractivity contribution in [3.63, 3.8) is 0 Å². The van der Waals surface area contributed by atoms with Gasteiger partial charge in [0.05, 0.1) is 0 Å². The molecule has 0 bridgehead atoms. The number of para-hydroxylation sites is 3. The van der Waals surface area contributed by atoms with Crippen LogP contribution in [-0.2, 0) is 5.41 Å². The summed E-state index contributed by atoms with van der Waals surface area (Å²) >= 11 is 1.87. The first-order valence-corrected chi connectivity index (χ1v) is 19.4. The highest BCUT2D eigenvalue weighted by Gasteiger charge is 2.35. The van der Waals surface area contributed by atoms with Crippen LogP contribution in [0.15, 0.2) is 194 Å². The van der Waals surface area contributed by atoms with Crippen molar-refractivity contribution < 1.29 is 0 Å². The molecule has 1 aromatic heterocycles. The Balaban J connectivity index is 1.05. The van der Waals surface area contributed by atoms with Crippen molar-refractivity contribution >= 4 is 65.6 Å². The van der Waals surface area contributed by atoms with E-state index in [2.05, 4.69) is 218 Å². The Kier molecular flexibility index (Phi) is 7.71. The molecule has 0 saturated carbocycles. The van der Waals surface area contributed by atoms with Crippen LogP contribution in [0.4, 0.5) is 34.1 Å². The first-order valence-electron chi connectivity index (χ1n) is 18.6. The van der Waals surface area contributed by atoms with Crippen LogP contribution in [0, 0.1) is 0 Å². The predicted molar refractivity (Wildman–Crippen MR) is 232 cm³/mol. The molecule has 0 radical (unpaired) electrons. The molecule has 54 heavy (non-hydrogen) atoms. The zero-order chi connectivity index (χ0) is 36.2. The summed E-state index contributed by atoms with van der Waals surface area (Å²) in [7, 11) is 0. The van der Waals surface area contributed by atoms with Crippen molar-refractivity contribution in [2.24, 2.45) is 0 Å². The lowest BCUT2D eigenvalue weighted by Crippen LogP contribution is -2.14. The van der Waals surface area contributed by atoms with Crippen LogP contribution in [0.1, 0.15) is 25.0 Å². The monoisotopic (exact) mass is 710 g/mol. The third-order valence-electron chi connectivity index (χ3n) is 11.0. The van der Waals surface area contributed by atoms with Crippen molar-refractivity contribution in [1.29, 1.82) is 0 Å². The molecule has 0 fully saturated rings. The van der Waals surface area contributed by atoms with Gasteiger partial charge in [-0.2, -0.15) is 0 Å². The molecule has 0 N–H and O–H groups in total. The minimum Gasteiger partial charge on any atom is -0.311 e. The fourth-order valence-electron chi connectivity index (χ4n) is 8.34. The van der Waals surface area contributed by atoms with E-state index in [4.69, 9.17) is 0 Å². The van der Waals surface area contributed by atoms with Crippen molar-refractivity contribution in [1.82, 2.24) is 0 Å². The summed E-state index contributed by atoms with van der Waals surface area (Å²) in [5, 5.41) is 2.57. The van der Waals surface area contributed by atoms with E-state index in [1.54, 1.807) is 0 Å². The summed E-state index contributed by atoms with van der Waals surface area (Å²) in [5.41, 5.74) is 14.7. The standard InChI is InChI=1S/C51H38N2S/c1-51(2)47-21-13-12-20-43(47)44-29-22-36(33-48(44)51)35-23-30-49-45(32-35)46-34-42(28-31-50(46)54-49)53(39-18-10-5-11-19-39)41-26-24-40(25-27-41)52(37-14-6-3-7-15-37)38-16-8-4-9-17-38/h3-34H,1-2H3. The summed E-state index contributed by atoms with van der Waals surface area (Å²) in [6.07, 6.45) is 0. The van der Waals surface area contributed by atoms with E-state index in [0.717, 1.165) is 34.1 Å². The van der Waals surface area contributed by atoms with Gasteiger partial charge in [0.15, 0.2) is 0 Å². The largest absolute Gasteiger partial charge is 0.311 e. The van der Waals surface area contributed by atoms with Crippen molar-refractivity contribution in [3.05, 3.63) is 205 Å². The van der Waals surface area contributed by atoms with Gasteiger partial charge in [-0.3, -0.25) is 0 Å². The summed E-state index contributed by atoms with van der Waals surface area (Å²) in [5.74, 6) is 0. The summed E-state index contributed by atoms with van der Waals surface area (Å²) in [6, 6.07) is 70.6. The molecule has 9 aromatic rings. The highest BCUT2D eigenvalue weighted by molar-refractivity contribution is 7.25. The fraction of sp³-hybridized carbons (Fsp3) is 0.0588. The smallest absolute Gasteiger partial charge is 0.0468 e. The Bertz CT molecular complexity index is 2750. The average molecular weight is 711 g/mol. The second kappa shape index (κ2) is 12.9. The second-order valence-corrected chi connectivity index (χ2v) is 15.7. The zero-order valence-electron chi connectivity index (χ0n) is 30.3. The molecule has 1 heterocycles. The van der Waals surface area contributed by atoms with E-state index < -0.39 is 0 Å². The van der Waals surface area contributed by atoms with Crippen LogP contribution < -0.4 is 9.80 Å². The summed E-state index contributed by atoms with van der Waals surface area (Å²) in [6.45, 7) is 4.71. The Hall–Kier alpha value is -6.42. The minimum atomic E-state index is -0.0313. The number of thiophene rings is 1. The van der Waals surface area contributed by atoms with Crippen LogP contribution in [-0.4, -0.2) is 0 Å². The number of anilines is 6. The minimum absolute atomic E-state index is 0.0313. The predicted octanol–water partition coefficient (Wildman–Crippen LogP) is 15.0. The third-order valence-corrected chi connectivity index (χ3v) is 12.2. The molecule has 0 spiro atoms. The summed E-state index contributed by atoms with van der Waals surface area (Å²) in [4.78, 5) is 4.67. The zero-order valence-corrected chi connectivity index (χ0v) is 31.1. The van der Waals surface area contributed by atoms with Gasteiger partial charge in [0.2, 0.25) is 0 Å². The fourth-order valence-corrected chi connectivity index (χ4v) is 9.41. The molecule has 10 rings (SSSR count). The number of hydrogen-bond acceptors (Lipinski definition) is 3. The highest BCUT2D eigenvalue weighted by Crippen LogP contribution is 2.50. The van der Waals surface area contributed by atoms with Crippen molar-refractivity contribution in [2.75, 3.05) is 9.80 Å². The molecular formula is C51H38N2S. The van der Waals surface area contributed by atoms with Gasteiger partial charge in [-0.25, -0.2) is 0 Å². The molecular weight excluding hydrogens is 673 g/mol. The lowest BCUT2D eigenvalue weighted by Gasteiger charge is -2.28. The van der Waals surface area contributed by atoms with Crippen molar-refractivity contribution in [2.45, 2.75) is 19.3 Å². The van der Waals surface area contributed by atoms with Gasteiger partial charge in [0, 0.05) is 59.7 Å². The van der Waals surface area contributed by atoms with Gasteiger partial charge in [0.1, 0.15) is 0 Å². The Morgan fingerprint density at radius 1 is 0.352 bits per heavy atom. The van der Waals surface area contributed by atoms with Gasteiger partial charge in [-0.15, -0.1) is 11.3 Å². The van der Waals surface area contributed by atoms with Crippen LogP contribution >= 0.6 is 11.3 Å². The van der Waals surface area contributed by atoms with Gasteiger partial charge >= 0.3 is 0 Å². The Labute approximate surface area is 320 Å². The maximum Gasteiger partial charge on any atom is 0.0468 e. The molecule has 2 nitrogen and oxygen atoms in total. The molecule has 0 aliphatic heterocycles. The average Bonchev–Trinajstić information content (AvgIpc) is 3.70. The second-order valence-electron chi connectivity index (χ2n) is 14.6. The number of hydrogen-bond donors (Lipinski definition) is 0. The maximum absolute atomic E-state index is 2.42. The number of rotatable bonds is 7. The number of benzene rings is 8. The first-order chi connectivity index (χ1) is 26.5. The molecule has 0 unspecified atom stereocenters. The molecule has 0 amide bonds. The normalized spacial score (nSPS) is 12.8. The lowest BCUT2D eigenvalue weighted by molar-refractivity contribution is 0.660. The van der Waals surface area contributed by atoms with Crippen LogP contribution in [0.5, 0.6) is 0 Å². The van der Waals surface area contributed by atoms with Crippen molar-refractivity contribution in [3.8, 4) is 22.3 Å². The third kappa shape index (κ3) is 5.39. The van der Waals surface area contributed by atoms with Gasteiger partial charge < -0.3 is 9.80 Å². The molecule has 1 aliphatic carbocycles. The molecule has 3 heteroatoms. The highest BCUT2D eigenvalue weighted by atomic mass is 32.1. The molecule has 0 saturated heterocycles. The first kappa shape index (κ1) is 32.2.